The number of piperidine rings is 1. The van der Waals surface area contributed by atoms with Gasteiger partial charge in [0.05, 0.1) is 32.5 Å². The summed E-state index contributed by atoms with van der Waals surface area (Å²) >= 11 is 0. The molecule has 0 spiro atoms. The Morgan fingerprint density at radius 3 is 2.59 bits per heavy atom. The second-order valence-corrected chi connectivity index (χ2v) is 8.29. The number of methoxy groups -OCH3 is 3. The van der Waals surface area contributed by atoms with Crippen LogP contribution in [0.1, 0.15) is 41.3 Å². The molecule has 0 aliphatic carbocycles. The van der Waals surface area contributed by atoms with Gasteiger partial charge in [0, 0.05) is 18.7 Å². The summed E-state index contributed by atoms with van der Waals surface area (Å²) in [7, 11) is 4.61. The summed E-state index contributed by atoms with van der Waals surface area (Å²) in [5.41, 5.74) is 1.72. The van der Waals surface area contributed by atoms with E-state index < -0.39 is 0 Å². The number of phenols is 1. The van der Waals surface area contributed by atoms with Crippen LogP contribution in [0, 0.1) is 5.92 Å². The van der Waals surface area contributed by atoms with Gasteiger partial charge >= 0.3 is 0 Å². The third-order valence-electron chi connectivity index (χ3n) is 6.06. The van der Waals surface area contributed by atoms with Gasteiger partial charge in [-0.2, -0.15) is 0 Å². The second kappa shape index (κ2) is 9.12. The fourth-order valence-electron chi connectivity index (χ4n) is 4.48. The zero-order valence-electron chi connectivity index (χ0n) is 18.9. The van der Waals surface area contributed by atoms with Crippen LogP contribution in [0.3, 0.4) is 0 Å². The van der Waals surface area contributed by atoms with Crippen molar-refractivity contribution in [2.24, 2.45) is 5.92 Å². The number of carbonyl (C=O) groups is 1. The van der Waals surface area contributed by atoms with Gasteiger partial charge in [-0.05, 0) is 55.6 Å². The molecule has 1 N–H and O–H groups in total. The van der Waals surface area contributed by atoms with Gasteiger partial charge in [-0.1, -0.05) is 6.92 Å². The molecular formula is C25H29NO6. The molecule has 0 unspecified atom stereocenters. The van der Waals surface area contributed by atoms with Crippen molar-refractivity contribution in [1.29, 1.82) is 0 Å². The first-order chi connectivity index (χ1) is 15.5. The number of phenolic OH excluding ortho intramolecular Hbond substituents is 1. The Labute approximate surface area is 188 Å². The molecule has 1 saturated heterocycles. The monoisotopic (exact) mass is 439 g/mol. The average Bonchev–Trinajstić information content (AvgIpc) is 3.10. The maximum atomic E-state index is 13.1. The number of hydrogen-bond acceptors (Lipinski definition) is 7. The van der Waals surface area contributed by atoms with E-state index in [4.69, 9.17) is 18.9 Å². The maximum Gasteiger partial charge on any atom is 0.231 e. The van der Waals surface area contributed by atoms with Gasteiger partial charge in [0.2, 0.25) is 11.5 Å². The molecule has 0 radical (unpaired) electrons. The Kier molecular flexibility index (Phi) is 6.28. The van der Waals surface area contributed by atoms with Crippen molar-refractivity contribution in [3.63, 3.8) is 0 Å². The van der Waals surface area contributed by atoms with Crippen LogP contribution in [0.15, 0.2) is 30.0 Å². The van der Waals surface area contributed by atoms with Crippen LogP contribution in [0.5, 0.6) is 28.7 Å². The van der Waals surface area contributed by atoms with Crippen molar-refractivity contribution < 1.29 is 28.8 Å². The molecule has 170 valence electrons. The van der Waals surface area contributed by atoms with Gasteiger partial charge in [-0.15, -0.1) is 0 Å². The van der Waals surface area contributed by atoms with Crippen LogP contribution in [0.4, 0.5) is 0 Å². The van der Waals surface area contributed by atoms with Crippen LogP contribution < -0.4 is 18.9 Å². The molecule has 2 aromatic carbocycles. The number of rotatable bonds is 6. The van der Waals surface area contributed by atoms with Gasteiger partial charge < -0.3 is 24.1 Å². The van der Waals surface area contributed by atoms with E-state index in [-0.39, 0.29) is 17.3 Å². The minimum absolute atomic E-state index is 0.139. The van der Waals surface area contributed by atoms with E-state index in [1.165, 1.54) is 20.6 Å². The highest BCUT2D eigenvalue weighted by atomic mass is 16.5. The lowest BCUT2D eigenvalue weighted by atomic mass is 9.99. The van der Waals surface area contributed by atoms with E-state index in [1.807, 2.05) is 0 Å². The van der Waals surface area contributed by atoms with Crippen LogP contribution in [-0.2, 0) is 6.54 Å². The van der Waals surface area contributed by atoms with Crippen LogP contribution in [0.25, 0.3) is 6.08 Å². The highest BCUT2D eigenvalue weighted by molar-refractivity contribution is 6.15. The van der Waals surface area contributed by atoms with Crippen molar-refractivity contribution in [1.82, 2.24) is 4.90 Å². The van der Waals surface area contributed by atoms with Crippen molar-refractivity contribution in [3.05, 3.63) is 46.7 Å². The summed E-state index contributed by atoms with van der Waals surface area (Å²) in [5.74, 6) is 2.52. The molecule has 1 atom stereocenters. The average molecular weight is 440 g/mol. The highest BCUT2D eigenvalue weighted by Crippen LogP contribution is 2.43. The summed E-state index contributed by atoms with van der Waals surface area (Å²) in [5, 5.41) is 10.6. The lowest BCUT2D eigenvalue weighted by Gasteiger charge is -2.31. The van der Waals surface area contributed by atoms with Gasteiger partial charge in [-0.3, -0.25) is 9.69 Å². The molecule has 0 amide bonds. The Morgan fingerprint density at radius 1 is 1.12 bits per heavy atom. The minimum atomic E-state index is -0.231. The summed E-state index contributed by atoms with van der Waals surface area (Å²) < 4.78 is 22.3. The zero-order chi connectivity index (χ0) is 22.8. The van der Waals surface area contributed by atoms with Gasteiger partial charge in [0.15, 0.2) is 17.3 Å². The number of carbonyl (C=O) groups excluding carboxylic acids is 1. The molecule has 2 aliphatic rings. The number of ketones is 1. The number of Topliss-reactive ketones (excluding diaryl/α,β-unsaturated/α-hetero) is 1. The molecule has 0 aromatic heterocycles. The third-order valence-corrected chi connectivity index (χ3v) is 6.06. The zero-order valence-corrected chi connectivity index (χ0v) is 18.9. The van der Waals surface area contributed by atoms with Gasteiger partial charge in [-0.25, -0.2) is 0 Å². The van der Waals surface area contributed by atoms with E-state index >= 15 is 0 Å². The Balaban J connectivity index is 1.69. The Hall–Kier alpha value is -3.19. The van der Waals surface area contributed by atoms with Gasteiger partial charge in [0.25, 0.3) is 0 Å². The molecule has 0 saturated carbocycles. The molecule has 7 heteroatoms. The molecule has 0 bridgehead atoms. The number of nitrogens with zero attached hydrogens (tertiary/aromatic N) is 1. The van der Waals surface area contributed by atoms with Crippen LogP contribution >= 0.6 is 0 Å². The molecule has 2 aromatic rings. The number of hydrogen-bond donors (Lipinski definition) is 1. The molecule has 2 heterocycles. The van der Waals surface area contributed by atoms with E-state index in [2.05, 4.69) is 11.8 Å². The molecule has 32 heavy (non-hydrogen) atoms. The number of likely N-dealkylation sites (tertiary alicyclic amines) is 1. The fraction of sp³-hybridized carbons (Fsp3) is 0.400. The van der Waals surface area contributed by atoms with Crippen LogP contribution in [-0.4, -0.2) is 50.2 Å². The second-order valence-electron chi connectivity index (χ2n) is 8.29. The normalized spacial score (nSPS) is 19.6. The number of ether oxygens (including phenoxy) is 4. The minimum Gasteiger partial charge on any atom is -0.507 e. The van der Waals surface area contributed by atoms with Crippen molar-refractivity contribution in [3.8, 4) is 28.7 Å². The number of allylic oxidation sites excluding steroid dienone is 1. The molecule has 2 aliphatic heterocycles. The van der Waals surface area contributed by atoms with Gasteiger partial charge in [0.1, 0.15) is 11.5 Å². The van der Waals surface area contributed by atoms with E-state index in [9.17, 15) is 9.90 Å². The lowest BCUT2D eigenvalue weighted by Crippen LogP contribution is -2.33. The number of fused-ring (bicyclic) bond motifs is 1. The summed E-state index contributed by atoms with van der Waals surface area (Å²) in [6.45, 7) is 4.70. The largest absolute Gasteiger partial charge is 0.507 e. The molecular weight excluding hydrogens is 410 g/mol. The molecule has 1 fully saturated rings. The fourth-order valence-corrected chi connectivity index (χ4v) is 4.48. The summed E-state index contributed by atoms with van der Waals surface area (Å²) in [6, 6.07) is 6.71. The maximum absolute atomic E-state index is 13.1. The number of aromatic hydroxyl groups is 1. The topological polar surface area (TPSA) is 77.5 Å². The predicted octanol–water partition coefficient (Wildman–Crippen LogP) is 4.27. The summed E-state index contributed by atoms with van der Waals surface area (Å²) in [6.07, 6.45) is 3.97. The molecule has 7 nitrogen and oxygen atoms in total. The predicted molar refractivity (Wildman–Crippen MR) is 121 cm³/mol. The van der Waals surface area contributed by atoms with Crippen molar-refractivity contribution >= 4 is 11.9 Å². The quantitative estimate of drug-likeness (QED) is 0.674. The lowest BCUT2D eigenvalue weighted by molar-refractivity contribution is 0.101. The van der Waals surface area contributed by atoms with E-state index in [0.29, 0.717) is 52.2 Å². The van der Waals surface area contributed by atoms with E-state index in [1.54, 1.807) is 37.5 Å². The SMILES string of the molecule is COc1ccc(C=C2Oc3c(ccc(O)c3CN3CCC[C@@H](C)C3)C2=O)c(OC)c1OC. The Bertz CT molecular complexity index is 1060. The first-order valence-corrected chi connectivity index (χ1v) is 10.8. The first-order valence-electron chi connectivity index (χ1n) is 10.8. The Morgan fingerprint density at radius 2 is 1.91 bits per heavy atom. The standard InChI is InChI=1S/C25H29NO6/c1-15-6-5-11-26(13-15)14-18-19(27)9-8-17-22(28)21(32-24(17)18)12-16-7-10-20(29-2)25(31-4)23(16)30-3/h7-10,12,15,27H,5-6,11,13-14H2,1-4H3/t15-/m1/s1. The summed E-state index contributed by atoms with van der Waals surface area (Å²) in [4.78, 5) is 15.4. The highest BCUT2D eigenvalue weighted by Gasteiger charge is 2.32. The van der Waals surface area contributed by atoms with Crippen molar-refractivity contribution in [2.75, 3.05) is 34.4 Å². The smallest absolute Gasteiger partial charge is 0.231 e. The third kappa shape index (κ3) is 4.00. The first kappa shape index (κ1) is 22.0. The van der Waals surface area contributed by atoms with Crippen LogP contribution in [0.2, 0.25) is 0 Å². The van der Waals surface area contributed by atoms with E-state index in [0.717, 1.165) is 19.5 Å². The number of benzene rings is 2. The van der Waals surface area contributed by atoms with Crippen molar-refractivity contribution in [2.45, 2.75) is 26.3 Å². The molecule has 4 rings (SSSR count).